The first-order chi connectivity index (χ1) is 13.8. The van der Waals surface area contributed by atoms with Gasteiger partial charge in [-0.15, -0.1) is 0 Å². The standard InChI is InChI=1S/C18H18F2N4O4S/c19-12-2-1-11(13(20)9-12)10-22-17(26)18(5-7-21-8-6-18)23-16(25)14-3-4-15(29-14)24(27)28/h1-4,9,21H,5-8,10H2,(H,22,26)(H,23,25). The van der Waals surface area contributed by atoms with Crippen LogP contribution in [-0.4, -0.2) is 35.4 Å². The smallest absolute Gasteiger partial charge is 0.324 e. The van der Waals surface area contributed by atoms with E-state index in [0.29, 0.717) is 25.9 Å². The van der Waals surface area contributed by atoms with Crippen LogP contribution in [0.4, 0.5) is 13.8 Å². The zero-order valence-corrected chi connectivity index (χ0v) is 16.0. The lowest BCUT2D eigenvalue weighted by Crippen LogP contribution is -2.62. The molecular weight excluding hydrogens is 406 g/mol. The molecule has 1 aromatic carbocycles. The van der Waals surface area contributed by atoms with Gasteiger partial charge in [0.25, 0.3) is 5.91 Å². The predicted molar refractivity (Wildman–Crippen MR) is 101 cm³/mol. The van der Waals surface area contributed by atoms with Gasteiger partial charge in [0.15, 0.2) is 0 Å². The molecule has 0 bridgehead atoms. The molecule has 0 spiro atoms. The summed E-state index contributed by atoms with van der Waals surface area (Å²) in [5.41, 5.74) is -1.12. The molecule has 1 fully saturated rings. The number of nitro groups is 1. The van der Waals surface area contributed by atoms with Gasteiger partial charge in [0.05, 0.1) is 9.80 Å². The summed E-state index contributed by atoms with van der Waals surface area (Å²) in [6.07, 6.45) is 0.591. The fraction of sp³-hybridized carbons (Fsp3) is 0.333. The van der Waals surface area contributed by atoms with Gasteiger partial charge in [-0.25, -0.2) is 8.78 Å². The molecule has 154 valence electrons. The second kappa shape index (κ2) is 8.62. The van der Waals surface area contributed by atoms with Crippen molar-refractivity contribution in [2.45, 2.75) is 24.9 Å². The number of benzene rings is 1. The number of thiophene rings is 1. The van der Waals surface area contributed by atoms with E-state index in [1.54, 1.807) is 0 Å². The third-order valence-electron chi connectivity index (χ3n) is 4.69. The average molecular weight is 424 g/mol. The Hall–Kier alpha value is -2.92. The summed E-state index contributed by atoms with van der Waals surface area (Å²) in [5, 5.41) is 19.1. The second-order valence-electron chi connectivity index (χ2n) is 6.60. The Kier molecular flexibility index (Phi) is 6.18. The highest BCUT2D eigenvalue weighted by atomic mass is 32.1. The van der Waals surface area contributed by atoms with Gasteiger partial charge < -0.3 is 16.0 Å². The molecule has 1 aliphatic rings. The summed E-state index contributed by atoms with van der Waals surface area (Å²) >= 11 is 0.718. The van der Waals surface area contributed by atoms with Crippen LogP contribution >= 0.6 is 11.3 Å². The monoisotopic (exact) mass is 424 g/mol. The first-order valence-corrected chi connectivity index (χ1v) is 9.62. The van der Waals surface area contributed by atoms with Crippen molar-refractivity contribution in [2.75, 3.05) is 13.1 Å². The summed E-state index contributed by atoms with van der Waals surface area (Å²) < 4.78 is 26.8. The first kappa shape index (κ1) is 20.8. The molecule has 1 saturated heterocycles. The summed E-state index contributed by atoms with van der Waals surface area (Å²) in [4.78, 5) is 35.8. The minimum absolute atomic E-state index is 0.115. The van der Waals surface area contributed by atoms with Gasteiger partial charge in [-0.2, -0.15) is 0 Å². The summed E-state index contributed by atoms with van der Waals surface area (Å²) in [6, 6.07) is 5.62. The third-order valence-corrected chi connectivity index (χ3v) is 5.73. The Bertz CT molecular complexity index is 944. The maximum absolute atomic E-state index is 13.8. The molecule has 3 N–H and O–H groups in total. The molecule has 1 aromatic heterocycles. The van der Waals surface area contributed by atoms with Crippen LogP contribution in [0.25, 0.3) is 0 Å². The highest BCUT2D eigenvalue weighted by Crippen LogP contribution is 2.26. The molecule has 11 heteroatoms. The predicted octanol–water partition coefficient (Wildman–Crippen LogP) is 2.10. The van der Waals surface area contributed by atoms with Crippen molar-refractivity contribution >= 4 is 28.2 Å². The van der Waals surface area contributed by atoms with Crippen molar-refractivity contribution in [3.63, 3.8) is 0 Å². The maximum Gasteiger partial charge on any atom is 0.324 e. The van der Waals surface area contributed by atoms with Crippen molar-refractivity contribution < 1.29 is 23.3 Å². The van der Waals surface area contributed by atoms with Crippen molar-refractivity contribution in [1.29, 1.82) is 0 Å². The van der Waals surface area contributed by atoms with Crippen molar-refractivity contribution in [3.8, 4) is 0 Å². The maximum atomic E-state index is 13.8. The largest absolute Gasteiger partial charge is 0.350 e. The third kappa shape index (κ3) is 4.74. The number of hydrogen-bond acceptors (Lipinski definition) is 6. The summed E-state index contributed by atoms with van der Waals surface area (Å²) in [6.45, 7) is 0.785. The van der Waals surface area contributed by atoms with Gasteiger partial charge in [0.1, 0.15) is 17.2 Å². The SMILES string of the molecule is O=C(NC1(C(=O)NCc2ccc(F)cc2F)CCNCC1)c1ccc([N+](=O)[O-])s1. The number of rotatable bonds is 6. The molecule has 8 nitrogen and oxygen atoms in total. The molecule has 0 saturated carbocycles. The average Bonchev–Trinajstić information content (AvgIpc) is 3.18. The Morgan fingerprint density at radius 1 is 1.21 bits per heavy atom. The lowest BCUT2D eigenvalue weighted by Gasteiger charge is -2.36. The van der Waals surface area contributed by atoms with Crippen LogP contribution in [0.2, 0.25) is 0 Å². The highest BCUT2D eigenvalue weighted by molar-refractivity contribution is 7.17. The minimum Gasteiger partial charge on any atom is -0.350 e. The van der Waals surface area contributed by atoms with Gasteiger partial charge in [-0.05, 0) is 38.1 Å². The molecule has 2 heterocycles. The molecule has 0 unspecified atom stereocenters. The van der Waals surface area contributed by atoms with Crippen molar-refractivity contribution in [1.82, 2.24) is 16.0 Å². The zero-order chi connectivity index (χ0) is 21.0. The molecule has 0 atom stereocenters. The van der Waals surface area contributed by atoms with E-state index in [-0.39, 0.29) is 22.0 Å². The summed E-state index contributed by atoms with van der Waals surface area (Å²) in [7, 11) is 0. The minimum atomic E-state index is -1.24. The molecule has 0 aliphatic carbocycles. The van der Waals surface area contributed by atoms with E-state index in [0.717, 1.165) is 23.5 Å². The van der Waals surface area contributed by atoms with Crippen LogP contribution in [0, 0.1) is 21.7 Å². The molecule has 0 radical (unpaired) electrons. The molecule has 29 heavy (non-hydrogen) atoms. The Labute approximate surface area is 168 Å². The van der Waals surface area contributed by atoms with Crippen LogP contribution in [0.3, 0.4) is 0 Å². The molecular formula is C18H18F2N4O4S. The Morgan fingerprint density at radius 2 is 1.93 bits per heavy atom. The van der Waals surface area contributed by atoms with Crippen LogP contribution in [0.5, 0.6) is 0 Å². The van der Waals surface area contributed by atoms with Gasteiger partial charge in [-0.3, -0.25) is 19.7 Å². The van der Waals surface area contributed by atoms with E-state index in [1.807, 2.05) is 0 Å². The number of carbonyl (C=O) groups is 2. The zero-order valence-electron chi connectivity index (χ0n) is 15.2. The Balaban J connectivity index is 1.73. The number of piperidine rings is 1. The second-order valence-corrected chi connectivity index (χ2v) is 7.66. The fourth-order valence-corrected chi connectivity index (χ4v) is 3.81. The van der Waals surface area contributed by atoms with E-state index in [9.17, 15) is 28.5 Å². The van der Waals surface area contributed by atoms with Crippen LogP contribution in [-0.2, 0) is 11.3 Å². The normalized spacial score (nSPS) is 15.5. The number of nitrogens with zero attached hydrogens (tertiary/aromatic N) is 1. The lowest BCUT2D eigenvalue weighted by molar-refractivity contribution is -0.380. The first-order valence-electron chi connectivity index (χ1n) is 8.80. The summed E-state index contributed by atoms with van der Waals surface area (Å²) in [5.74, 6) is -2.58. The number of nitrogens with one attached hydrogen (secondary N) is 3. The van der Waals surface area contributed by atoms with Gasteiger partial charge in [0, 0.05) is 24.2 Å². The van der Waals surface area contributed by atoms with Crippen LogP contribution in [0.1, 0.15) is 28.1 Å². The van der Waals surface area contributed by atoms with E-state index in [2.05, 4.69) is 16.0 Å². The fourth-order valence-electron chi connectivity index (χ4n) is 3.10. The van der Waals surface area contributed by atoms with Crippen LogP contribution < -0.4 is 16.0 Å². The van der Waals surface area contributed by atoms with Gasteiger partial charge >= 0.3 is 5.00 Å². The number of hydrogen-bond donors (Lipinski definition) is 3. The van der Waals surface area contributed by atoms with Crippen LogP contribution in [0.15, 0.2) is 30.3 Å². The van der Waals surface area contributed by atoms with E-state index in [4.69, 9.17) is 0 Å². The molecule has 2 aromatic rings. The van der Waals surface area contributed by atoms with Crippen molar-refractivity contribution in [3.05, 3.63) is 62.5 Å². The molecule has 1 aliphatic heterocycles. The number of halogens is 2. The molecule has 2 amide bonds. The topological polar surface area (TPSA) is 113 Å². The van der Waals surface area contributed by atoms with Crippen molar-refractivity contribution in [2.24, 2.45) is 0 Å². The Morgan fingerprint density at radius 3 is 2.55 bits per heavy atom. The number of amides is 2. The lowest BCUT2D eigenvalue weighted by atomic mass is 9.87. The van der Waals surface area contributed by atoms with Gasteiger partial charge in [0.2, 0.25) is 5.91 Å². The van der Waals surface area contributed by atoms with E-state index < -0.39 is 33.9 Å². The van der Waals surface area contributed by atoms with E-state index >= 15 is 0 Å². The number of carbonyl (C=O) groups excluding carboxylic acids is 2. The molecule has 3 rings (SSSR count). The van der Waals surface area contributed by atoms with E-state index in [1.165, 1.54) is 18.2 Å². The highest BCUT2D eigenvalue weighted by Gasteiger charge is 2.41. The quantitative estimate of drug-likeness (QED) is 0.486. The van der Waals surface area contributed by atoms with Gasteiger partial charge in [-0.1, -0.05) is 17.4 Å².